The number of urea groups is 2. The van der Waals surface area contributed by atoms with Gasteiger partial charge in [-0.05, 0) is 6.42 Å². The van der Waals surface area contributed by atoms with Crippen molar-refractivity contribution in [3.05, 3.63) is 0 Å². The number of carbonyl (C=O) groups excluding carboxylic acids is 2. The van der Waals surface area contributed by atoms with Gasteiger partial charge in [-0.2, -0.15) is 0 Å². The number of hydrogen-bond acceptors (Lipinski definition) is 2. The van der Waals surface area contributed by atoms with Gasteiger partial charge in [-0.25, -0.2) is 9.59 Å². The van der Waals surface area contributed by atoms with Crippen LogP contribution in [0.4, 0.5) is 9.59 Å². The van der Waals surface area contributed by atoms with E-state index in [0.29, 0.717) is 6.54 Å². The van der Waals surface area contributed by atoms with Crippen molar-refractivity contribution in [2.45, 2.75) is 25.7 Å². The van der Waals surface area contributed by atoms with Gasteiger partial charge in [-0.1, -0.05) is 6.92 Å². The summed E-state index contributed by atoms with van der Waals surface area (Å²) in [6.45, 7) is 2.68. The van der Waals surface area contributed by atoms with Crippen molar-refractivity contribution in [1.82, 2.24) is 20.4 Å². The molecule has 0 bridgehead atoms. The standard InChI is InChI=1S/C8H14N4O2/c1-3-4-12-6-5(9-7(13)10-6)11(2)8(12)14/h5-6H,3-4H2,1-2H3,(H2,9,10,13). The van der Waals surface area contributed by atoms with Crippen molar-refractivity contribution in [1.29, 1.82) is 0 Å². The summed E-state index contributed by atoms with van der Waals surface area (Å²) < 4.78 is 0. The highest BCUT2D eigenvalue weighted by atomic mass is 16.2. The van der Waals surface area contributed by atoms with E-state index in [1.54, 1.807) is 16.8 Å². The van der Waals surface area contributed by atoms with Crippen molar-refractivity contribution in [2.75, 3.05) is 13.6 Å². The Labute approximate surface area is 82.2 Å². The van der Waals surface area contributed by atoms with Crippen LogP contribution in [0, 0.1) is 0 Å². The highest BCUT2D eigenvalue weighted by Gasteiger charge is 2.48. The fourth-order valence-corrected chi connectivity index (χ4v) is 1.94. The van der Waals surface area contributed by atoms with Gasteiger partial charge in [0.2, 0.25) is 0 Å². The third-order valence-electron chi connectivity index (χ3n) is 2.62. The molecule has 2 atom stereocenters. The maximum Gasteiger partial charge on any atom is 0.323 e. The molecule has 6 nitrogen and oxygen atoms in total. The maximum atomic E-state index is 11.7. The first kappa shape index (κ1) is 9.11. The first-order valence-corrected chi connectivity index (χ1v) is 4.75. The van der Waals surface area contributed by atoms with Gasteiger partial charge in [-0.15, -0.1) is 0 Å². The normalized spacial score (nSPS) is 30.4. The average molecular weight is 198 g/mol. The fraction of sp³-hybridized carbons (Fsp3) is 0.750. The number of rotatable bonds is 2. The predicted molar refractivity (Wildman–Crippen MR) is 49.4 cm³/mol. The number of nitrogens with zero attached hydrogens (tertiary/aromatic N) is 2. The van der Waals surface area contributed by atoms with Crippen LogP contribution < -0.4 is 10.6 Å². The van der Waals surface area contributed by atoms with Crippen LogP contribution in [-0.2, 0) is 0 Å². The van der Waals surface area contributed by atoms with E-state index in [4.69, 9.17) is 0 Å². The molecular formula is C8H14N4O2. The summed E-state index contributed by atoms with van der Waals surface area (Å²) in [4.78, 5) is 26.0. The lowest BCUT2D eigenvalue weighted by Gasteiger charge is -2.19. The van der Waals surface area contributed by atoms with E-state index in [1.165, 1.54) is 0 Å². The summed E-state index contributed by atoms with van der Waals surface area (Å²) in [5, 5.41) is 5.42. The van der Waals surface area contributed by atoms with Gasteiger partial charge in [0.1, 0.15) is 12.3 Å². The molecule has 2 heterocycles. The molecule has 2 aliphatic heterocycles. The Kier molecular flexibility index (Phi) is 1.98. The van der Waals surface area contributed by atoms with Gasteiger partial charge in [0.05, 0.1) is 0 Å². The predicted octanol–water partition coefficient (Wildman–Crippen LogP) is -0.271. The summed E-state index contributed by atoms with van der Waals surface area (Å²) >= 11 is 0. The lowest BCUT2D eigenvalue weighted by atomic mass is 10.3. The molecule has 0 aromatic heterocycles. The monoisotopic (exact) mass is 198 g/mol. The molecule has 4 amide bonds. The number of likely N-dealkylation sites (N-methyl/N-ethyl adjacent to an activating group) is 1. The second-order valence-electron chi connectivity index (χ2n) is 3.59. The zero-order valence-corrected chi connectivity index (χ0v) is 8.28. The van der Waals surface area contributed by atoms with Gasteiger partial charge in [0.25, 0.3) is 0 Å². The van der Waals surface area contributed by atoms with E-state index in [-0.39, 0.29) is 24.4 Å². The Morgan fingerprint density at radius 3 is 2.57 bits per heavy atom. The van der Waals surface area contributed by atoms with E-state index in [9.17, 15) is 9.59 Å². The van der Waals surface area contributed by atoms with E-state index in [0.717, 1.165) is 6.42 Å². The third-order valence-corrected chi connectivity index (χ3v) is 2.62. The maximum absolute atomic E-state index is 11.7. The Morgan fingerprint density at radius 2 is 1.93 bits per heavy atom. The smallest absolute Gasteiger partial charge is 0.314 e. The molecule has 0 aromatic rings. The van der Waals surface area contributed by atoms with Gasteiger partial charge in [0, 0.05) is 13.6 Å². The van der Waals surface area contributed by atoms with Crippen LogP contribution in [0.3, 0.4) is 0 Å². The molecule has 78 valence electrons. The van der Waals surface area contributed by atoms with Crippen LogP contribution in [0.15, 0.2) is 0 Å². The minimum atomic E-state index is -0.221. The molecular weight excluding hydrogens is 184 g/mol. The fourth-order valence-electron chi connectivity index (χ4n) is 1.94. The molecule has 2 fully saturated rings. The minimum absolute atomic E-state index is 0.0330. The molecule has 2 rings (SSSR count). The first-order valence-electron chi connectivity index (χ1n) is 4.75. The first-order chi connectivity index (χ1) is 6.65. The van der Waals surface area contributed by atoms with Gasteiger partial charge in [-0.3, -0.25) is 0 Å². The van der Waals surface area contributed by atoms with E-state index in [1.807, 2.05) is 6.92 Å². The van der Waals surface area contributed by atoms with Crippen LogP contribution in [0.25, 0.3) is 0 Å². The molecule has 0 radical (unpaired) electrons. The van der Waals surface area contributed by atoms with Gasteiger partial charge in [0.15, 0.2) is 0 Å². The number of carbonyl (C=O) groups is 2. The van der Waals surface area contributed by atoms with Crippen molar-refractivity contribution < 1.29 is 9.59 Å². The second-order valence-corrected chi connectivity index (χ2v) is 3.59. The molecule has 0 aromatic carbocycles. The molecule has 2 saturated heterocycles. The van der Waals surface area contributed by atoms with E-state index in [2.05, 4.69) is 10.6 Å². The van der Waals surface area contributed by atoms with Crippen molar-refractivity contribution in [2.24, 2.45) is 0 Å². The van der Waals surface area contributed by atoms with Crippen LogP contribution in [0.2, 0.25) is 0 Å². The molecule has 0 spiro atoms. The zero-order chi connectivity index (χ0) is 10.3. The molecule has 0 aliphatic carbocycles. The van der Waals surface area contributed by atoms with Crippen LogP contribution in [0.5, 0.6) is 0 Å². The molecule has 0 saturated carbocycles. The summed E-state index contributed by atoms with van der Waals surface area (Å²) in [7, 11) is 1.70. The van der Waals surface area contributed by atoms with Crippen molar-refractivity contribution in [3.8, 4) is 0 Å². The molecule has 2 N–H and O–H groups in total. The van der Waals surface area contributed by atoms with Gasteiger partial charge < -0.3 is 20.4 Å². The zero-order valence-electron chi connectivity index (χ0n) is 8.28. The topological polar surface area (TPSA) is 64.7 Å². The molecule has 14 heavy (non-hydrogen) atoms. The summed E-state index contributed by atoms with van der Waals surface area (Å²) in [5.41, 5.74) is 0. The quantitative estimate of drug-likeness (QED) is 0.641. The molecule has 6 heteroatoms. The van der Waals surface area contributed by atoms with Crippen molar-refractivity contribution in [3.63, 3.8) is 0 Å². The Hall–Kier alpha value is -1.46. The number of hydrogen-bond donors (Lipinski definition) is 2. The van der Waals surface area contributed by atoms with Crippen LogP contribution in [-0.4, -0.2) is 47.8 Å². The largest absolute Gasteiger partial charge is 0.323 e. The number of fused-ring (bicyclic) bond motifs is 1. The Bertz CT molecular complexity index is 281. The Balaban J connectivity index is 2.18. The molecule has 2 unspecified atom stereocenters. The van der Waals surface area contributed by atoms with Crippen LogP contribution >= 0.6 is 0 Å². The lowest BCUT2D eigenvalue weighted by Crippen LogP contribution is -2.43. The van der Waals surface area contributed by atoms with Crippen LogP contribution in [0.1, 0.15) is 13.3 Å². The molecule has 2 aliphatic rings. The Morgan fingerprint density at radius 1 is 1.29 bits per heavy atom. The average Bonchev–Trinajstić information content (AvgIpc) is 2.61. The van der Waals surface area contributed by atoms with E-state index >= 15 is 0 Å². The number of amides is 4. The minimum Gasteiger partial charge on any atom is -0.314 e. The SMILES string of the molecule is CCCN1C(=O)N(C)C2NC(=O)NC21. The summed E-state index contributed by atoms with van der Waals surface area (Å²) in [6.07, 6.45) is 0.458. The van der Waals surface area contributed by atoms with E-state index < -0.39 is 0 Å². The second kappa shape index (κ2) is 3.04. The number of nitrogens with one attached hydrogen (secondary N) is 2. The van der Waals surface area contributed by atoms with Crippen molar-refractivity contribution >= 4 is 12.1 Å². The summed E-state index contributed by atoms with van der Waals surface area (Å²) in [5.74, 6) is 0. The highest BCUT2D eigenvalue weighted by molar-refractivity contribution is 5.84. The third kappa shape index (κ3) is 1.10. The highest BCUT2D eigenvalue weighted by Crippen LogP contribution is 2.21. The summed E-state index contributed by atoms with van der Waals surface area (Å²) in [6, 6.07) is -0.241. The lowest BCUT2D eigenvalue weighted by molar-refractivity contribution is 0.184. The van der Waals surface area contributed by atoms with Gasteiger partial charge >= 0.3 is 12.1 Å².